The number of amides is 1. The summed E-state index contributed by atoms with van der Waals surface area (Å²) in [7, 11) is 0. The number of benzene rings is 1. The van der Waals surface area contributed by atoms with E-state index in [9.17, 15) is 27.6 Å². The highest BCUT2D eigenvalue weighted by molar-refractivity contribution is 6.22. The van der Waals surface area contributed by atoms with Crippen LogP contribution in [-0.4, -0.2) is 42.4 Å². The summed E-state index contributed by atoms with van der Waals surface area (Å²) in [6.45, 7) is 4.68. The van der Waals surface area contributed by atoms with Crippen LogP contribution in [0.5, 0.6) is 0 Å². The van der Waals surface area contributed by atoms with Gasteiger partial charge in [0, 0.05) is 31.5 Å². The van der Waals surface area contributed by atoms with Gasteiger partial charge in [0.15, 0.2) is 0 Å². The molecule has 4 rings (SSSR count). The summed E-state index contributed by atoms with van der Waals surface area (Å²) < 4.78 is 59.4. The summed E-state index contributed by atoms with van der Waals surface area (Å²) in [5.74, 6) is -1.60. The molecular weight excluding hydrogens is 452 g/mol. The molecule has 0 unspecified atom stereocenters. The quantitative estimate of drug-likeness (QED) is 0.659. The monoisotopic (exact) mass is 476 g/mol. The van der Waals surface area contributed by atoms with Crippen molar-refractivity contribution in [2.45, 2.75) is 44.9 Å². The molecule has 1 saturated heterocycles. The van der Waals surface area contributed by atoms with Crippen molar-refractivity contribution in [3.05, 3.63) is 58.6 Å². The second-order valence-corrected chi connectivity index (χ2v) is 8.80. The largest absolute Gasteiger partial charge is 0.419 e. The number of fused-ring (bicyclic) bond motifs is 1. The summed E-state index contributed by atoms with van der Waals surface area (Å²) in [4.78, 5) is 19.6. The van der Waals surface area contributed by atoms with E-state index in [0.29, 0.717) is 50.1 Å². The Kier molecular flexibility index (Phi) is 6.25. The lowest BCUT2D eigenvalue weighted by molar-refractivity contribution is -0.140. The Morgan fingerprint density at radius 1 is 1.35 bits per heavy atom. The molecule has 0 saturated carbocycles. The normalized spacial score (nSPS) is 22.7. The standard InChI is InChI=1S/C24H24F4N4O2/c1-14-11-32-12-16(23(13-29)6-8-34-9-7-23)10-18(21(32)30-14)22(33)31-15(2)17-4-3-5-19(20(17)25)24(26,27)28/h3-5,10,12,14-15H,6-9,11H2,1-2H3,(H,31,33)/t14-,15-/m1/s1. The molecule has 3 aliphatic heterocycles. The van der Waals surface area contributed by atoms with Gasteiger partial charge in [0.05, 0.1) is 34.7 Å². The molecule has 2 atom stereocenters. The molecule has 0 aromatic heterocycles. The number of hydrogen-bond donors (Lipinski definition) is 1. The van der Waals surface area contributed by atoms with Crippen LogP contribution in [0.15, 0.2) is 46.6 Å². The van der Waals surface area contributed by atoms with E-state index in [-0.39, 0.29) is 17.2 Å². The van der Waals surface area contributed by atoms with Crippen molar-refractivity contribution in [2.75, 3.05) is 19.8 Å². The predicted octanol–water partition coefficient (Wildman–Crippen LogP) is 4.27. The van der Waals surface area contributed by atoms with Crippen LogP contribution in [0.1, 0.15) is 43.9 Å². The van der Waals surface area contributed by atoms with Gasteiger partial charge in [-0.05, 0) is 44.4 Å². The Morgan fingerprint density at radius 2 is 2.06 bits per heavy atom. The van der Waals surface area contributed by atoms with Crippen LogP contribution < -0.4 is 5.32 Å². The molecule has 0 spiro atoms. The van der Waals surface area contributed by atoms with Crippen molar-refractivity contribution in [1.82, 2.24) is 10.2 Å². The van der Waals surface area contributed by atoms with E-state index in [1.807, 2.05) is 18.0 Å². The fourth-order valence-corrected chi connectivity index (χ4v) is 4.53. The van der Waals surface area contributed by atoms with E-state index in [4.69, 9.17) is 4.74 Å². The first-order chi connectivity index (χ1) is 16.1. The molecule has 0 bridgehead atoms. The van der Waals surface area contributed by atoms with E-state index < -0.39 is 34.9 Å². The molecule has 1 aromatic carbocycles. The Labute approximate surface area is 194 Å². The number of allylic oxidation sites excluding steroid dienone is 2. The number of rotatable bonds is 4. The number of amidine groups is 1. The Bertz CT molecular complexity index is 1130. The van der Waals surface area contributed by atoms with Gasteiger partial charge in [-0.2, -0.15) is 18.4 Å². The van der Waals surface area contributed by atoms with Crippen molar-refractivity contribution in [1.29, 1.82) is 5.26 Å². The van der Waals surface area contributed by atoms with Gasteiger partial charge in [0.2, 0.25) is 0 Å². The maximum atomic E-state index is 14.6. The predicted molar refractivity (Wildman–Crippen MR) is 116 cm³/mol. The average molecular weight is 476 g/mol. The third kappa shape index (κ3) is 4.32. The van der Waals surface area contributed by atoms with Crippen molar-refractivity contribution in [3.63, 3.8) is 0 Å². The van der Waals surface area contributed by atoms with Crippen molar-refractivity contribution < 1.29 is 27.1 Å². The van der Waals surface area contributed by atoms with Gasteiger partial charge >= 0.3 is 6.18 Å². The van der Waals surface area contributed by atoms with Crippen molar-refractivity contribution >= 4 is 11.7 Å². The number of hydrogen-bond acceptors (Lipinski definition) is 5. The highest BCUT2D eigenvalue weighted by Crippen LogP contribution is 2.41. The van der Waals surface area contributed by atoms with E-state index in [1.165, 1.54) is 13.0 Å². The number of carbonyl (C=O) groups is 1. The zero-order chi connectivity index (χ0) is 24.7. The number of halogens is 4. The van der Waals surface area contributed by atoms with Crippen LogP contribution in [0.3, 0.4) is 0 Å². The zero-order valence-corrected chi connectivity index (χ0v) is 18.7. The van der Waals surface area contributed by atoms with E-state index in [0.717, 1.165) is 6.07 Å². The van der Waals surface area contributed by atoms with Gasteiger partial charge in [-0.3, -0.25) is 9.79 Å². The van der Waals surface area contributed by atoms with Gasteiger partial charge in [-0.1, -0.05) is 12.1 Å². The van der Waals surface area contributed by atoms with Gasteiger partial charge in [-0.15, -0.1) is 0 Å². The SMILES string of the molecule is C[C@@H]1CN2C=C(C3(C#N)CCOCC3)C=C(C(=O)N[C@H](C)c3cccc(C(F)(F)F)c3F)C2=N1. The van der Waals surface area contributed by atoms with Gasteiger partial charge in [0.1, 0.15) is 11.7 Å². The first-order valence-electron chi connectivity index (χ1n) is 11.0. The lowest BCUT2D eigenvalue weighted by Crippen LogP contribution is -2.39. The molecule has 34 heavy (non-hydrogen) atoms. The van der Waals surface area contributed by atoms with Gasteiger partial charge < -0.3 is 15.0 Å². The van der Waals surface area contributed by atoms with Crippen LogP contribution in [0, 0.1) is 22.6 Å². The summed E-state index contributed by atoms with van der Waals surface area (Å²) in [6.07, 6.45) is -0.444. The van der Waals surface area contributed by atoms with E-state index in [1.54, 1.807) is 6.08 Å². The van der Waals surface area contributed by atoms with Crippen molar-refractivity contribution in [2.24, 2.45) is 10.4 Å². The second kappa shape index (κ2) is 8.87. The molecule has 3 heterocycles. The van der Waals surface area contributed by atoms with Crippen LogP contribution in [0.4, 0.5) is 17.6 Å². The fourth-order valence-electron chi connectivity index (χ4n) is 4.53. The maximum absolute atomic E-state index is 14.6. The minimum atomic E-state index is -4.85. The van der Waals surface area contributed by atoms with E-state index in [2.05, 4.69) is 16.4 Å². The zero-order valence-electron chi connectivity index (χ0n) is 18.7. The molecule has 1 N–H and O–H groups in total. The highest BCUT2D eigenvalue weighted by atomic mass is 19.4. The molecule has 3 aliphatic rings. The first-order valence-corrected chi connectivity index (χ1v) is 11.0. The van der Waals surface area contributed by atoms with Crippen LogP contribution in [-0.2, 0) is 15.7 Å². The summed E-state index contributed by atoms with van der Waals surface area (Å²) in [6, 6.07) is 4.24. The Hall–Kier alpha value is -3.19. The number of nitrogens with zero attached hydrogens (tertiary/aromatic N) is 3. The lowest BCUT2D eigenvalue weighted by Gasteiger charge is -2.35. The third-order valence-corrected chi connectivity index (χ3v) is 6.42. The number of carbonyl (C=O) groups excluding carboxylic acids is 1. The molecule has 0 radical (unpaired) electrons. The van der Waals surface area contributed by atoms with Crippen molar-refractivity contribution in [3.8, 4) is 6.07 Å². The molecular formula is C24H24F4N4O2. The number of nitrogens with one attached hydrogen (secondary N) is 1. The van der Waals surface area contributed by atoms with Gasteiger partial charge in [-0.25, -0.2) is 4.39 Å². The molecule has 180 valence electrons. The Balaban J connectivity index is 1.65. The molecule has 1 fully saturated rings. The van der Waals surface area contributed by atoms with E-state index >= 15 is 0 Å². The Morgan fingerprint density at radius 3 is 2.71 bits per heavy atom. The lowest BCUT2D eigenvalue weighted by atomic mass is 9.74. The number of nitriles is 1. The smallest absolute Gasteiger partial charge is 0.381 e. The second-order valence-electron chi connectivity index (χ2n) is 8.80. The highest BCUT2D eigenvalue weighted by Gasteiger charge is 2.41. The van der Waals surface area contributed by atoms with Crippen LogP contribution in [0.25, 0.3) is 0 Å². The topological polar surface area (TPSA) is 77.7 Å². The molecule has 1 amide bonds. The minimum Gasteiger partial charge on any atom is -0.381 e. The average Bonchev–Trinajstić information content (AvgIpc) is 3.18. The summed E-state index contributed by atoms with van der Waals surface area (Å²) in [5, 5.41) is 12.6. The van der Waals surface area contributed by atoms with Crippen LogP contribution >= 0.6 is 0 Å². The number of aliphatic imine (C=N–C) groups is 1. The summed E-state index contributed by atoms with van der Waals surface area (Å²) in [5.41, 5.74) is -1.62. The van der Waals surface area contributed by atoms with Crippen LogP contribution in [0.2, 0.25) is 0 Å². The molecule has 1 aromatic rings. The number of alkyl halides is 3. The first kappa shape index (κ1) is 24.0. The molecule has 10 heteroatoms. The summed E-state index contributed by atoms with van der Waals surface area (Å²) >= 11 is 0. The molecule has 6 nitrogen and oxygen atoms in total. The van der Waals surface area contributed by atoms with Gasteiger partial charge in [0.25, 0.3) is 5.91 Å². The number of ether oxygens (including phenoxy) is 1. The fraction of sp³-hybridized carbons (Fsp3) is 0.458. The minimum absolute atomic E-state index is 0.0899. The third-order valence-electron chi connectivity index (χ3n) is 6.42. The maximum Gasteiger partial charge on any atom is 0.419 e. The molecule has 0 aliphatic carbocycles.